The number of aryl methyl sites for hydroxylation is 1. The van der Waals surface area contributed by atoms with Gasteiger partial charge in [-0.15, -0.1) is 0 Å². The first-order valence-corrected chi connectivity index (χ1v) is 9.40. The molecule has 0 bridgehead atoms. The third-order valence-corrected chi connectivity index (χ3v) is 4.79. The van der Waals surface area contributed by atoms with Gasteiger partial charge < -0.3 is 5.32 Å². The monoisotopic (exact) mass is 416 g/mol. The summed E-state index contributed by atoms with van der Waals surface area (Å²) in [7, 11) is 0. The molecule has 0 fully saturated rings. The molecule has 3 aromatic carbocycles. The quantitative estimate of drug-likeness (QED) is 0.360. The second kappa shape index (κ2) is 8.19. The fourth-order valence-electron chi connectivity index (χ4n) is 3.20. The molecule has 0 spiro atoms. The number of anilines is 1. The van der Waals surface area contributed by atoms with Crippen LogP contribution < -0.4 is 5.32 Å². The SMILES string of the molecule is Cc1ccccc1-c1nn(-c2ccccc2)cc1C(=O)Nc1cc([N+](=O)[O-])ccc1F. The van der Waals surface area contributed by atoms with E-state index in [4.69, 9.17) is 0 Å². The standard InChI is InChI=1S/C23H17FN4O3/c1-15-7-5-6-10-18(15)22-19(14-27(26-22)16-8-3-2-4-9-16)23(29)25-21-13-17(28(30)31)11-12-20(21)24/h2-14H,1H3,(H,25,29). The van der Waals surface area contributed by atoms with E-state index in [0.717, 1.165) is 35.0 Å². The molecule has 0 radical (unpaired) electrons. The zero-order valence-corrected chi connectivity index (χ0v) is 16.4. The van der Waals surface area contributed by atoms with E-state index in [1.54, 1.807) is 10.9 Å². The van der Waals surface area contributed by atoms with Crippen molar-refractivity contribution in [1.29, 1.82) is 0 Å². The molecule has 4 aromatic rings. The van der Waals surface area contributed by atoms with Crippen LogP contribution in [0.3, 0.4) is 0 Å². The number of nitro groups is 1. The van der Waals surface area contributed by atoms with Crippen LogP contribution in [-0.4, -0.2) is 20.6 Å². The first-order chi connectivity index (χ1) is 14.9. The van der Waals surface area contributed by atoms with Crippen LogP contribution in [0.15, 0.2) is 79.0 Å². The van der Waals surface area contributed by atoms with Gasteiger partial charge in [0.15, 0.2) is 0 Å². The van der Waals surface area contributed by atoms with E-state index in [9.17, 15) is 19.3 Å². The van der Waals surface area contributed by atoms with Gasteiger partial charge in [0.1, 0.15) is 11.5 Å². The summed E-state index contributed by atoms with van der Waals surface area (Å²) in [6.45, 7) is 1.90. The Morgan fingerprint density at radius 2 is 1.77 bits per heavy atom. The molecule has 7 nitrogen and oxygen atoms in total. The number of hydrogen-bond donors (Lipinski definition) is 1. The van der Waals surface area contributed by atoms with Gasteiger partial charge in [0.05, 0.1) is 21.9 Å². The fourth-order valence-corrected chi connectivity index (χ4v) is 3.20. The predicted octanol–water partition coefficient (Wildman–Crippen LogP) is 5.15. The highest BCUT2D eigenvalue weighted by Crippen LogP contribution is 2.28. The summed E-state index contributed by atoms with van der Waals surface area (Å²) >= 11 is 0. The summed E-state index contributed by atoms with van der Waals surface area (Å²) in [5, 5.41) is 18.1. The van der Waals surface area contributed by atoms with Crippen LogP contribution in [0.2, 0.25) is 0 Å². The van der Waals surface area contributed by atoms with E-state index in [1.807, 2.05) is 61.5 Å². The van der Waals surface area contributed by atoms with Crippen LogP contribution in [0.25, 0.3) is 16.9 Å². The van der Waals surface area contributed by atoms with Crippen LogP contribution in [0.5, 0.6) is 0 Å². The molecule has 1 amide bonds. The Balaban J connectivity index is 1.79. The van der Waals surface area contributed by atoms with Gasteiger partial charge in [0.25, 0.3) is 11.6 Å². The second-order valence-corrected chi connectivity index (χ2v) is 6.86. The molecule has 4 rings (SSSR count). The summed E-state index contributed by atoms with van der Waals surface area (Å²) in [5.41, 5.74) is 2.45. The molecule has 154 valence electrons. The fraction of sp³-hybridized carbons (Fsp3) is 0.0435. The molecule has 0 aliphatic rings. The van der Waals surface area contributed by atoms with Crippen LogP contribution in [0.1, 0.15) is 15.9 Å². The number of rotatable bonds is 5. The number of aromatic nitrogens is 2. The van der Waals surface area contributed by atoms with E-state index in [2.05, 4.69) is 10.4 Å². The van der Waals surface area contributed by atoms with Crippen molar-refractivity contribution in [1.82, 2.24) is 9.78 Å². The highest BCUT2D eigenvalue weighted by atomic mass is 19.1. The molecule has 0 aliphatic heterocycles. The third kappa shape index (κ3) is 4.04. The third-order valence-electron chi connectivity index (χ3n) is 4.79. The minimum Gasteiger partial charge on any atom is -0.319 e. The summed E-state index contributed by atoms with van der Waals surface area (Å²) < 4.78 is 15.8. The lowest BCUT2D eigenvalue weighted by Crippen LogP contribution is -2.13. The number of nitrogens with one attached hydrogen (secondary N) is 1. The lowest BCUT2D eigenvalue weighted by atomic mass is 10.0. The van der Waals surface area contributed by atoms with Gasteiger partial charge in [-0.2, -0.15) is 5.10 Å². The average Bonchev–Trinajstić information content (AvgIpc) is 3.21. The number of carbonyl (C=O) groups is 1. The van der Waals surface area contributed by atoms with Crippen molar-refractivity contribution in [3.05, 3.63) is 106 Å². The Labute approximate surface area is 176 Å². The number of nitrogens with zero attached hydrogens (tertiary/aromatic N) is 3. The van der Waals surface area contributed by atoms with Crippen molar-refractivity contribution in [2.45, 2.75) is 6.92 Å². The zero-order valence-electron chi connectivity index (χ0n) is 16.4. The molecule has 0 aliphatic carbocycles. The molecule has 1 N–H and O–H groups in total. The summed E-state index contributed by atoms with van der Waals surface area (Å²) in [6.07, 6.45) is 1.56. The lowest BCUT2D eigenvalue weighted by Gasteiger charge is -2.08. The van der Waals surface area contributed by atoms with Crippen LogP contribution >= 0.6 is 0 Å². The minimum absolute atomic E-state index is 0.212. The van der Waals surface area contributed by atoms with E-state index >= 15 is 0 Å². The molecule has 0 saturated heterocycles. The van der Waals surface area contributed by atoms with E-state index < -0.39 is 16.6 Å². The normalized spacial score (nSPS) is 10.6. The zero-order chi connectivity index (χ0) is 22.0. The van der Waals surface area contributed by atoms with Gasteiger partial charge >= 0.3 is 0 Å². The van der Waals surface area contributed by atoms with E-state index in [-0.39, 0.29) is 16.9 Å². The number of non-ortho nitro benzene ring substituents is 1. The molecule has 0 unspecified atom stereocenters. The number of halogens is 1. The van der Waals surface area contributed by atoms with Gasteiger partial charge in [0, 0.05) is 23.9 Å². The maximum atomic E-state index is 14.2. The highest BCUT2D eigenvalue weighted by molar-refractivity contribution is 6.08. The molecule has 0 saturated carbocycles. The molecular weight excluding hydrogens is 399 g/mol. The summed E-state index contributed by atoms with van der Waals surface area (Å²) in [4.78, 5) is 23.5. The molecule has 8 heteroatoms. The first-order valence-electron chi connectivity index (χ1n) is 9.40. The van der Waals surface area contributed by atoms with E-state index in [0.29, 0.717) is 5.69 Å². The number of benzene rings is 3. The second-order valence-electron chi connectivity index (χ2n) is 6.86. The van der Waals surface area contributed by atoms with Crippen molar-refractivity contribution in [2.24, 2.45) is 0 Å². The first kappa shape index (κ1) is 20.0. The maximum absolute atomic E-state index is 14.2. The number of amides is 1. The maximum Gasteiger partial charge on any atom is 0.271 e. The largest absolute Gasteiger partial charge is 0.319 e. The van der Waals surface area contributed by atoms with Crippen molar-refractivity contribution in [2.75, 3.05) is 5.32 Å². The van der Waals surface area contributed by atoms with Gasteiger partial charge in [-0.3, -0.25) is 14.9 Å². The van der Waals surface area contributed by atoms with Gasteiger partial charge in [0.2, 0.25) is 0 Å². The average molecular weight is 416 g/mol. The summed E-state index contributed by atoms with van der Waals surface area (Å²) in [6, 6.07) is 19.7. The minimum atomic E-state index is -0.771. The lowest BCUT2D eigenvalue weighted by molar-refractivity contribution is -0.384. The number of hydrogen-bond acceptors (Lipinski definition) is 4. The van der Waals surface area contributed by atoms with Crippen molar-refractivity contribution >= 4 is 17.3 Å². The molecule has 31 heavy (non-hydrogen) atoms. The highest BCUT2D eigenvalue weighted by Gasteiger charge is 2.21. The van der Waals surface area contributed by atoms with Gasteiger partial charge in [-0.25, -0.2) is 9.07 Å². The Kier molecular flexibility index (Phi) is 5.28. The molecular formula is C23H17FN4O3. The Morgan fingerprint density at radius 3 is 2.48 bits per heavy atom. The van der Waals surface area contributed by atoms with E-state index in [1.165, 1.54) is 0 Å². The Morgan fingerprint density at radius 1 is 1.06 bits per heavy atom. The number of nitro benzene ring substituents is 1. The van der Waals surface area contributed by atoms with Gasteiger partial charge in [-0.1, -0.05) is 42.5 Å². The molecule has 0 atom stereocenters. The number of carbonyl (C=O) groups excluding carboxylic acids is 1. The smallest absolute Gasteiger partial charge is 0.271 e. The van der Waals surface area contributed by atoms with Crippen LogP contribution in [0.4, 0.5) is 15.8 Å². The molecule has 1 aromatic heterocycles. The van der Waals surface area contributed by atoms with Crippen molar-refractivity contribution in [3.63, 3.8) is 0 Å². The Hall–Kier alpha value is -4.33. The topological polar surface area (TPSA) is 90.1 Å². The van der Waals surface area contributed by atoms with Crippen molar-refractivity contribution in [3.8, 4) is 16.9 Å². The van der Waals surface area contributed by atoms with Crippen LogP contribution in [0, 0.1) is 22.9 Å². The van der Waals surface area contributed by atoms with Gasteiger partial charge in [-0.05, 0) is 30.7 Å². The van der Waals surface area contributed by atoms with Crippen molar-refractivity contribution < 1.29 is 14.1 Å². The summed E-state index contributed by atoms with van der Waals surface area (Å²) in [5.74, 6) is -1.40. The Bertz CT molecular complexity index is 1290. The number of para-hydroxylation sites is 1. The van der Waals surface area contributed by atoms with Crippen LogP contribution in [-0.2, 0) is 0 Å². The molecule has 1 heterocycles. The predicted molar refractivity (Wildman–Crippen MR) is 115 cm³/mol.